The fraction of sp³-hybridized carbons (Fsp3) is 0.471. The van der Waals surface area contributed by atoms with Crippen LogP contribution in [0.2, 0.25) is 0 Å². The molecule has 9 rings (SSSR count). The zero-order chi connectivity index (χ0) is 48.0. The second-order valence-electron chi connectivity index (χ2n) is 24.1. The number of hydrogen-bond donors (Lipinski definition) is 0. The summed E-state index contributed by atoms with van der Waals surface area (Å²) in [7, 11) is 0. The standard InChI is InChI=1S/C68H84/c1-12-13-35-66(36-30-45(2)3)62-41-50(52-22-26-56-54-18-14-16-20-60(54)67(64(56)43-52,37-31-46(4)5)38-32-47(6)7)24-28-58(62)59-29-25-51(42-63(59)66)53-23-27-57-55-19-15-17-21-61(55)68(65(57)44-53,39-33-48(8)9)40-34-49(10)11/h14-29,41-49H,12-13,30-40H2,1-11H3. The fourth-order valence-electron chi connectivity index (χ4n) is 13.3. The van der Waals surface area contributed by atoms with E-state index in [0.717, 1.165) is 0 Å². The molecule has 0 atom stereocenters. The molecular weight excluding hydrogens is 817 g/mol. The summed E-state index contributed by atoms with van der Waals surface area (Å²) in [4.78, 5) is 0. The van der Waals surface area contributed by atoms with E-state index in [0.29, 0.717) is 29.6 Å². The molecular formula is C68H84. The van der Waals surface area contributed by atoms with Crippen molar-refractivity contribution in [2.24, 2.45) is 29.6 Å². The van der Waals surface area contributed by atoms with Gasteiger partial charge in [-0.15, -0.1) is 0 Å². The highest BCUT2D eigenvalue weighted by atomic mass is 14.5. The molecule has 0 unspecified atom stereocenters. The van der Waals surface area contributed by atoms with E-state index in [1.54, 1.807) is 33.4 Å². The van der Waals surface area contributed by atoms with Crippen LogP contribution in [-0.4, -0.2) is 0 Å². The normalized spacial score (nSPS) is 15.6. The highest BCUT2D eigenvalue weighted by Gasteiger charge is 2.46. The highest BCUT2D eigenvalue weighted by Crippen LogP contribution is 2.59. The number of benzene rings is 6. The Labute approximate surface area is 413 Å². The Morgan fingerprint density at radius 3 is 0.809 bits per heavy atom. The van der Waals surface area contributed by atoms with E-state index in [9.17, 15) is 0 Å². The van der Waals surface area contributed by atoms with Gasteiger partial charge in [0.1, 0.15) is 0 Å². The molecule has 0 aliphatic heterocycles. The molecule has 0 aromatic heterocycles. The van der Waals surface area contributed by atoms with Gasteiger partial charge in [-0.05, 0) is 213 Å². The molecule has 0 amide bonds. The third-order valence-electron chi connectivity index (χ3n) is 17.3. The third kappa shape index (κ3) is 8.68. The van der Waals surface area contributed by atoms with Crippen LogP contribution in [0, 0.1) is 29.6 Å². The molecule has 3 aliphatic carbocycles. The molecule has 356 valence electrons. The average Bonchev–Trinajstić information content (AvgIpc) is 3.88. The fourth-order valence-corrected chi connectivity index (χ4v) is 13.3. The minimum absolute atomic E-state index is 0.0343. The SMILES string of the molecule is CCCCC1(CCC(C)C)c2cc(-c3ccc4c(c3)C(CCC(C)C)(CCC(C)C)c3ccccc3-4)ccc2-c2ccc(-c3ccc4c(c3)C(CCC(C)C)(CCC(C)C)c3ccccc3-4)cc21. The minimum Gasteiger partial charge on any atom is -0.0654 e. The quantitative estimate of drug-likeness (QED) is 0.0716. The highest BCUT2D eigenvalue weighted by molar-refractivity contribution is 5.89. The lowest BCUT2D eigenvalue weighted by Gasteiger charge is -2.35. The lowest BCUT2D eigenvalue weighted by molar-refractivity contribution is 0.364. The van der Waals surface area contributed by atoms with Crippen LogP contribution in [0.5, 0.6) is 0 Å². The van der Waals surface area contributed by atoms with Crippen molar-refractivity contribution in [2.45, 2.75) is 176 Å². The maximum Gasteiger partial charge on any atom is 0.0215 e. The first-order valence-electron chi connectivity index (χ1n) is 27.5. The van der Waals surface area contributed by atoms with Crippen LogP contribution in [-0.2, 0) is 16.2 Å². The lowest BCUT2D eigenvalue weighted by atomic mass is 9.68. The van der Waals surface area contributed by atoms with Crippen molar-refractivity contribution in [3.05, 3.63) is 155 Å². The monoisotopic (exact) mass is 901 g/mol. The lowest BCUT2D eigenvalue weighted by Crippen LogP contribution is -2.27. The summed E-state index contributed by atoms with van der Waals surface area (Å²) in [6.07, 6.45) is 15.8. The summed E-state index contributed by atoms with van der Waals surface area (Å²) in [6, 6.07) is 49.3. The van der Waals surface area contributed by atoms with Gasteiger partial charge < -0.3 is 0 Å². The van der Waals surface area contributed by atoms with E-state index in [4.69, 9.17) is 0 Å². The first-order valence-corrected chi connectivity index (χ1v) is 27.5. The Kier molecular flexibility index (Phi) is 13.9. The molecule has 6 aromatic carbocycles. The number of hydrogen-bond acceptors (Lipinski definition) is 0. The molecule has 0 nitrogen and oxygen atoms in total. The topological polar surface area (TPSA) is 0 Å². The zero-order valence-corrected chi connectivity index (χ0v) is 44.1. The molecule has 0 saturated carbocycles. The predicted molar refractivity (Wildman–Crippen MR) is 296 cm³/mol. The van der Waals surface area contributed by atoms with Gasteiger partial charge in [0.2, 0.25) is 0 Å². The van der Waals surface area contributed by atoms with E-state index in [1.165, 1.54) is 139 Å². The third-order valence-corrected chi connectivity index (χ3v) is 17.3. The summed E-state index contributed by atoms with van der Waals surface area (Å²) < 4.78 is 0. The molecule has 0 bridgehead atoms. The van der Waals surface area contributed by atoms with Gasteiger partial charge in [-0.25, -0.2) is 0 Å². The van der Waals surface area contributed by atoms with Crippen LogP contribution in [0.4, 0.5) is 0 Å². The second-order valence-corrected chi connectivity index (χ2v) is 24.1. The number of unbranched alkanes of at least 4 members (excludes halogenated alkanes) is 1. The van der Waals surface area contributed by atoms with Crippen molar-refractivity contribution in [2.75, 3.05) is 0 Å². The van der Waals surface area contributed by atoms with E-state index in [1.807, 2.05) is 0 Å². The van der Waals surface area contributed by atoms with Crippen molar-refractivity contribution in [1.82, 2.24) is 0 Å². The maximum absolute atomic E-state index is 2.67. The Bertz CT molecular complexity index is 2530. The molecule has 0 fully saturated rings. The van der Waals surface area contributed by atoms with Crippen molar-refractivity contribution >= 4 is 0 Å². The first-order chi connectivity index (χ1) is 32.7. The molecule has 0 spiro atoms. The molecule has 0 heteroatoms. The summed E-state index contributed by atoms with van der Waals surface area (Å²) in [6.45, 7) is 26.5. The molecule has 0 radical (unpaired) electrons. The van der Waals surface area contributed by atoms with Gasteiger partial charge in [0.15, 0.2) is 0 Å². The van der Waals surface area contributed by atoms with E-state index in [-0.39, 0.29) is 16.2 Å². The van der Waals surface area contributed by atoms with Crippen LogP contribution in [0.15, 0.2) is 121 Å². The van der Waals surface area contributed by atoms with Crippen molar-refractivity contribution in [3.8, 4) is 55.6 Å². The van der Waals surface area contributed by atoms with Crippen LogP contribution in [0.25, 0.3) is 55.6 Å². The van der Waals surface area contributed by atoms with E-state index in [2.05, 4.69) is 197 Å². The van der Waals surface area contributed by atoms with E-state index >= 15 is 0 Å². The summed E-state index contributed by atoms with van der Waals surface area (Å²) in [5.74, 6) is 3.32. The van der Waals surface area contributed by atoms with Gasteiger partial charge in [0.05, 0.1) is 0 Å². The minimum atomic E-state index is -0.0343. The average molecular weight is 901 g/mol. The summed E-state index contributed by atoms with van der Waals surface area (Å²) in [5.41, 5.74) is 23.7. The predicted octanol–water partition coefficient (Wildman–Crippen LogP) is 20.2. The van der Waals surface area contributed by atoms with Gasteiger partial charge >= 0.3 is 0 Å². The Morgan fingerprint density at radius 2 is 0.544 bits per heavy atom. The zero-order valence-electron chi connectivity index (χ0n) is 44.1. The smallest absolute Gasteiger partial charge is 0.0215 e. The first kappa shape index (κ1) is 48.3. The Balaban J connectivity index is 1.17. The van der Waals surface area contributed by atoms with Gasteiger partial charge in [-0.2, -0.15) is 0 Å². The Hall–Kier alpha value is -4.68. The summed E-state index contributed by atoms with van der Waals surface area (Å²) in [5, 5.41) is 0. The van der Waals surface area contributed by atoms with Crippen molar-refractivity contribution in [3.63, 3.8) is 0 Å². The van der Waals surface area contributed by atoms with Gasteiger partial charge in [0.25, 0.3) is 0 Å². The van der Waals surface area contributed by atoms with Gasteiger partial charge in [-0.1, -0.05) is 186 Å². The van der Waals surface area contributed by atoms with Crippen LogP contribution >= 0.6 is 0 Å². The Morgan fingerprint density at radius 1 is 0.294 bits per heavy atom. The van der Waals surface area contributed by atoms with Gasteiger partial charge in [0, 0.05) is 16.2 Å². The number of rotatable bonds is 20. The molecule has 6 aromatic rings. The molecule has 3 aliphatic rings. The molecule has 0 N–H and O–H groups in total. The molecule has 68 heavy (non-hydrogen) atoms. The van der Waals surface area contributed by atoms with Gasteiger partial charge in [-0.3, -0.25) is 0 Å². The maximum atomic E-state index is 2.67. The van der Waals surface area contributed by atoms with Crippen LogP contribution in [0.3, 0.4) is 0 Å². The largest absolute Gasteiger partial charge is 0.0654 e. The van der Waals surface area contributed by atoms with E-state index < -0.39 is 0 Å². The summed E-state index contributed by atoms with van der Waals surface area (Å²) >= 11 is 0. The number of fused-ring (bicyclic) bond motifs is 9. The van der Waals surface area contributed by atoms with Crippen LogP contribution in [0.1, 0.15) is 193 Å². The van der Waals surface area contributed by atoms with Crippen molar-refractivity contribution in [1.29, 1.82) is 0 Å². The van der Waals surface area contributed by atoms with Crippen molar-refractivity contribution < 1.29 is 0 Å². The molecule has 0 heterocycles. The molecule has 0 saturated heterocycles. The van der Waals surface area contributed by atoms with Crippen LogP contribution < -0.4 is 0 Å². The second kappa shape index (κ2) is 19.6.